The van der Waals surface area contributed by atoms with Gasteiger partial charge in [-0.05, 0) is 31.7 Å². The van der Waals surface area contributed by atoms with Crippen molar-refractivity contribution in [1.82, 2.24) is 4.90 Å². The molecule has 0 spiro atoms. The predicted octanol–water partition coefficient (Wildman–Crippen LogP) is 1.80. The number of likely N-dealkylation sites (N-methyl/N-ethyl adjacent to an activating group) is 1. The third kappa shape index (κ3) is 3.85. The summed E-state index contributed by atoms with van der Waals surface area (Å²) in [7, 11) is 3.34. The number of fused-ring (bicyclic) bond motifs is 1. The SMILES string of the molecule is CCOC(=O)CN(C)Cc1cc(=O)oc2cc(OC)ccc12. The number of carbonyl (C=O) groups excluding carboxylic acids is 1. The van der Waals surface area contributed by atoms with Gasteiger partial charge in [0.2, 0.25) is 0 Å². The fourth-order valence-electron chi connectivity index (χ4n) is 2.24. The van der Waals surface area contributed by atoms with Crippen LogP contribution in [0.3, 0.4) is 0 Å². The summed E-state index contributed by atoms with van der Waals surface area (Å²) in [5.41, 5.74) is 0.826. The highest BCUT2D eigenvalue weighted by Gasteiger charge is 2.12. The van der Waals surface area contributed by atoms with Crippen LogP contribution in [0.5, 0.6) is 5.75 Å². The van der Waals surface area contributed by atoms with E-state index in [-0.39, 0.29) is 12.5 Å². The summed E-state index contributed by atoms with van der Waals surface area (Å²) in [6, 6.07) is 6.75. The Morgan fingerprint density at radius 1 is 1.32 bits per heavy atom. The minimum atomic E-state index is -0.430. The average Bonchev–Trinajstić information content (AvgIpc) is 2.46. The van der Waals surface area contributed by atoms with Crippen molar-refractivity contribution in [2.45, 2.75) is 13.5 Å². The molecule has 22 heavy (non-hydrogen) atoms. The van der Waals surface area contributed by atoms with Crippen molar-refractivity contribution in [3.8, 4) is 5.75 Å². The Labute approximate surface area is 128 Å². The molecule has 0 aliphatic rings. The van der Waals surface area contributed by atoms with Crippen molar-refractivity contribution < 1.29 is 18.7 Å². The second-order valence-electron chi connectivity index (χ2n) is 4.93. The first-order valence-electron chi connectivity index (χ1n) is 6.98. The molecule has 0 saturated carbocycles. The van der Waals surface area contributed by atoms with E-state index < -0.39 is 5.63 Å². The van der Waals surface area contributed by atoms with E-state index in [1.165, 1.54) is 6.07 Å². The van der Waals surface area contributed by atoms with E-state index in [2.05, 4.69) is 0 Å². The molecule has 0 saturated heterocycles. The Bertz CT molecular complexity index is 722. The van der Waals surface area contributed by atoms with Crippen molar-refractivity contribution in [2.75, 3.05) is 27.3 Å². The molecule has 2 rings (SSSR count). The Hall–Kier alpha value is -2.34. The van der Waals surface area contributed by atoms with Crippen LogP contribution in [0.2, 0.25) is 0 Å². The first kappa shape index (κ1) is 16.0. The van der Waals surface area contributed by atoms with Crippen molar-refractivity contribution in [2.24, 2.45) is 0 Å². The van der Waals surface area contributed by atoms with Crippen LogP contribution in [0, 0.1) is 0 Å². The zero-order valence-electron chi connectivity index (χ0n) is 12.9. The molecule has 0 aliphatic carbocycles. The molecule has 0 fully saturated rings. The standard InChI is InChI=1S/C16H19NO5/c1-4-21-16(19)10-17(2)9-11-7-15(18)22-14-8-12(20-3)5-6-13(11)14/h5-8H,4,9-10H2,1-3H3. The van der Waals surface area contributed by atoms with Crippen LogP contribution in [0.25, 0.3) is 11.0 Å². The zero-order valence-corrected chi connectivity index (χ0v) is 12.9. The van der Waals surface area contributed by atoms with E-state index >= 15 is 0 Å². The molecule has 1 aromatic carbocycles. The van der Waals surface area contributed by atoms with E-state index in [0.717, 1.165) is 10.9 Å². The summed E-state index contributed by atoms with van der Waals surface area (Å²) in [5, 5.41) is 0.816. The minimum Gasteiger partial charge on any atom is -0.497 e. The maximum atomic E-state index is 11.7. The van der Waals surface area contributed by atoms with Gasteiger partial charge in [-0.1, -0.05) is 0 Å². The summed E-state index contributed by atoms with van der Waals surface area (Å²) >= 11 is 0. The molecule has 118 valence electrons. The van der Waals surface area contributed by atoms with Crippen LogP contribution in [0.1, 0.15) is 12.5 Å². The second kappa shape index (κ2) is 7.09. The number of hydrogen-bond acceptors (Lipinski definition) is 6. The van der Waals surface area contributed by atoms with Crippen LogP contribution in [0.15, 0.2) is 33.5 Å². The lowest BCUT2D eigenvalue weighted by atomic mass is 10.1. The molecule has 2 aromatic rings. The lowest BCUT2D eigenvalue weighted by Gasteiger charge is -2.16. The Morgan fingerprint density at radius 3 is 2.77 bits per heavy atom. The van der Waals surface area contributed by atoms with Gasteiger partial charge in [0.1, 0.15) is 11.3 Å². The predicted molar refractivity (Wildman–Crippen MR) is 82.0 cm³/mol. The van der Waals surface area contributed by atoms with Crippen molar-refractivity contribution in [3.05, 3.63) is 40.2 Å². The summed E-state index contributed by atoms with van der Waals surface area (Å²) in [5.74, 6) is 0.326. The van der Waals surface area contributed by atoms with Gasteiger partial charge in [-0.15, -0.1) is 0 Å². The summed E-state index contributed by atoms with van der Waals surface area (Å²) < 4.78 is 15.2. The van der Waals surface area contributed by atoms with Gasteiger partial charge in [-0.2, -0.15) is 0 Å². The van der Waals surface area contributed by atoms with Gasteiger partial charge in [0.05, 0.1) is 20.3 Å². The van der Waals surface area contributed by atoms with E-state index in [1.54, 1.807) is 38.1 Å². The smallest absolute Gasteiger partial charge is 0.336 e. The molecule has 1 heterocycles. The number of ether oxygens (including phenoxy) is 2. The average molecular weight is 305 g/mol. The summed E-state index contributed by atoms with van der Waals surface area (Å²) in [6.07, 6.45) is 0. The number of hydrogen-bond donors (Lipinski definition) is 0. The van der Waals surface area contributed by atoms with Crippen LogP contribution in [-0.2, 0) is 16.1 Å². The summed E-state index contributed by atoms with van der Waals surface area (Å²) in [4.78, 5) is 25.0. The van der Waals surface area contributed by atoms with Gasteiger partial charge < -0.3 is 13.9 Å². The van der Waals surface area contributed by atoms with Crippen LogP contribution < -0.4 is 10.4 Å². The van der Waals surface area contributed by atoms with Crippen molar-refractivity contribution in [3.63, 3.8) is 0 Å². The highest BCUT2D eigenvalue weighted by atomic mass is 16.5. The van der Waals surface area contributed by atoms with Crippen molar-refractivity contribution >= 4 is 16.9 Å². The third-order valence-electron chi connectivity index (χ3n) is 3.18. The van der Waals surface area contributed by atoms with Crippen LogP contribution in [-0.4, -0.2) is 38.2 Å². The molecule has 0 radical (unpaired) electrons. The maximum absolute atomic E-state index is 11.7. The first-order valence-corrected chi connectivity index (χ1v) is 6.98. The second-order valence-corrected chi connectivity index (χ2v) is 4.93. The zero-order chi connectivity index (χ0) is 16.1. The maximum Gasteiger partial charge on any atom is 0.336 e. The lowest BCUT2D eigenvalue weighted by Crippen LogP contribution is -2.27. The Balaban J connectivity index is 2.27. The molecule has 0 unspecified atom stereocenters. The van der Waals surface area contributed by atoms with Crippen LogP contribution in [0.4, 0.5) is 0 Å². The van der Waals surface area contributed by atoms with Gasteiger partial charge in [-0.25, -0.2) is 4.79 Å². The highest BCUT2D eigenvalue weighted by Crippen LogP contribution is 2.23. The third-order valence-corrected chi connectivity index (χ3v) is 3.18. The van der Waals surface area contributed by atoms with Gasteiger partial charge in [-0.3, -0.25) is 9.69 Å². The topological polar surface area (TPSA) is 69.0 Å². The van der Waals surface area contributed by atoms with Crippen LogP contribution >= 0.6 is 0 Å². The molecule has 0 aliphatic heterocycles. The monoisotopic (exact) mass is 305 g/mol. The van der Waals surface area contributed by atoms with E-state index in [0.29, 0.717) is 24.5 Å². The highest BCUT2D eigenvalue weighted by molar-refractivity contribution is 5.81. The number of esters is 1. The fraction of sp³-hybridized carbons (Fsp3) is 0.375. The van der Waals surface area contributed by atoms with E-state index in [9.17, 15) is 9.59 Å². The molecule has 1 aromatic heterocycles. The van der Waals surface area contributed by atoms with Gasteiger partial charge in [0, 0.05) is 24.1 Å². The summed E-state index contributed by atoms with van der Waals surface area (Å²) in [6.45, 7) is 2.71. The normalized spacial score (nSPS) is 10.9. The minimum absolute atomic E-state index is 0.158. The molecule has 0 amide bonds. The number of benzene rings is 1. The molecular weight excluding hydrogens is 286 g/mol. The lowest BCUT2D eigenvalue weighted by molar-refractivity contribution is -0.144. The molecular formula is C16H19NO5. The molecule has 6 heteroatoms. The van der Waals surface area contributed by atoms with Gasteiger partial charge in [0.25, 0.3) is 0 Å². The van der Waals surface area contributed by atoms with Crippen molar-refractivity contribution in [1.29, 1.82) is 0 Å². The van der Waals surface area contributed by atoms with Gasteiger partial charge in [0.15, 0.2) is 0 Å². The largest absolute Gasteiger partial charge is 0.497 e. The number of carbonyl (C=O) groups is 1. The molecule has 0 atom stereocenters. The number of methoxy groups -OCH3 is 1. The molecule has 0 N–H and O–H groups in total. The van der Waals surface area contributed by atoms with Gasteiger partial charge >= 0.3 is 11.6 Å². The number of rotatable bonds is 6. The Kier molecular flexibility index (Phi) is 5.16. The first-order chi connectivity index (χ1) is 10.5. The van der Waals surface area contributed by atoms with E-state index in [4.69, 9.17) is 13.9 Å². The number of nitrogens with zero attached hydrogens (tertiary/aromatic N) is 1. The quantitative estimate of drug-likeness (QED) is 0.599. The Morgan fingerprint density at radius 2 is 2.09 bits per heavy atom. The molecule has 0 bridgehead atoms. The molecule has 6 nitrogen and oxygen atoms in total. The fourth-order valence-corrected chi connectivity index (χ4v) is 2.24. The van der Waals surface area contributed by atoms with E-state index in [1.807, 2.05) is 6.07 Å².